The van der Waals surface area contributed by atoms with E-state index in [-0.39, 0.29) is 11.3 Å². The molecule has 1 rings (SSSR count). The van der Waals surface area contributed by atoms with Crippen molar-refractivity contribution >= 4 is 21.8 Å². The third-order valence-corrected chi connectivity index (χ3v) is 3.66. The molecule has 5 heteroatoms. The van der Waals surface area contributed by atoms with Crippen LogP contribution >= 0.6 is 15.9 Å². The van der Waals surface area contributed by atoms with Gasteiger partial charge in [-0.05, 0) is 11.5 Å². The van der Waals surface area contributed by atoms with E-state index in [4.69, 9.17) is 0 Å². The molecular weight excluding hydrogens is 258 g/mol. The number of aromatic nitrogens is 2. The zero-order valence-corrected chi connectivity index (χ0v) is 10.8. The lowest BCUT2D eigenvalue weighted by atomic mass is 9.97. The molecule has 0 aliphatic rings. The van der Waals surface area contributed by atoms with Gasteiger partial charge in [-0.3, -0.25) is 9.48 Å². The maximum Gasteiger partial charge on any atom is 0.269 e. The molecule has 0 bridgehead atoms. The first kappa shape index (κ1) is 12.2. The number of amides is 1. The number of carbonyl (C=O) groups excluding carboxylic acids is 1. The number of hydrogen-bond acceptors (Lipinski definition) is 2. The summed E-state index contributed by atoms with van der Waals surface area (Å²) in [6.45, 7) is 4.82. The van der Waals surface area contributed by atoms with Crippen molar-refractivity contribution in [1.82, 2.24) is 15.1 Å². The molecule has 1 heterocycles. The molecule has 0 spiro atoms. The van der Waals surface area contributed by atoms with Gasteiger partial charge in [-0.2, -0.15) is 5.10 Å². The summed E-state index contributed by atoms with van der Waals surface area (Å²) in [5.41, 5.74) is 0.647. The van der Waals surface area contributed by atoms with Crippen LogP contribution in [0.1, 0.15) is 24.3 Å². The second-order valence-corrected chi connectivity index (χ2v) is 4.88. The minimum absolute atomic E-state index is 0.0637. The number of nitrogens with one attached hydrogen (secondary N) is 1. The van der Waals surface area contributed by atoms with Gasteiger partial charge in [0.2, 0.25) is 0 Å². The van der Waals surface area contributed by atoms with E-state index in [2.05, 4.69) is 40.2 Å². The number of carbonyl (C=O) groups is 1. The van der Waals surface area contributed by atoms with Crippen LogP contribution < -0.4 is 5.32 Å². The quantitative estimate of drug-likeness (QED) is 0.847. The van der Waals surface area contributed by atoms with Gasteiger partial charge in [0.1, 0.15) is 5.69 Å². The Hall–Kier alpha value is -0.840. The van der Waals surface area contributed by atoms with Crippen LogP contribution in [0, 0.1) is 5.41 Å². The maximum atomic E-state index is 11.7. The van der Waals surface area contributed by atoms with E-state index in [0.29, 0.717) is 12.2 Å². The highest BCUT2D eigenvalue weighted by Crippen LogP contribution is 2.16. The molecule has 0 saturated carbocycles. The SMILES string of the molecule is Cn1nccc1C(=O)NCC(C)(C)CBr. The Balaban J connectivity index is 2.55. The highest BCUT2D eigenvalue weighted by Gasteiger charge is 2.18. The molecule has 0 radical (unpaired) electrons. The summed E-state index contributed by atoms with van der Waals surface area (Å²) in [4.78, 5) is 11.7. The summed E-state index contributed by atoms with van der Waals surface area (Å²) in [7, 11) is 1.75. The summed E-state index contributed by atoms with van der Waals surface area (Å²) in [5, 5.41) is 7.69. The van der Waals surface area contributed by atoms with Crippen LogP contribution in [0.4, 0.5) is 0 Å². The molecule has 0 atom stereocenters. The van der Waals surface area contributed by atoms with Crippen molar-refractivity contribution < 1.29 is 4.79 Å². The summed E-state index contributed by atoms with van der Waals surface area (Å²) in [6.07, 6.45) is 1.62. The Morgan fingerprint density at radius 1 is 1.67 bits per heavy atom. The first-order valence-electron chi connectivity index (χ1n) is 4.78. The third-order valence-electron chi connectivity index (χ3n) is 2.14. The maximum absolute atomic E-state index is 11.7. The molecule has 15 heavy (non-hydrogen) atoms. The summed E-state index contributed by atoms with van der Waals surface area (Å²) < 4.78 is 1.57. The fourth-order valence-corrected chi connectivity index (χ4v) is 1.25. The predicted molar refractivity (Wildman–Crippen MR) is 63.1 cm³/mol. The zero-order chi connectivity index (χ0) is 11.5. The number of rotatable bonds is 4. The van der Waals surface area contributed by atoms with Crippen molar-refractivity contribution in [3.05, 3.63) is 18.0 Å². The van der Waals surface area contributed by atoms with E-state index in [1.54, 1.807) is 24.0 Å². The highest BCUT2D eigenvalue weighted by atomic mass is 79.9. The Kier molecular flexibility index (Phi) is 3.90. The van der Waals surface area contributed by atoms with Crippen LogP contribution in [0.2, 0.25) is 0 Å². The monoisotopic (exact) mass is 273 g/mol. The van der Waals surface area contributed by atoms with Gasteiger partial charge in [0.15, 0.2) is 0 Å². The van der Waals surface area contributed by atoms with Crippen molar-refractivity contribution in [1.29, 1.82) is 0 Å². The summed E-state index contributed by atoms with van der Waals surface area (Å²) >= 11 is 3.42. The second kappa shape index (κ2) is 4.79. The Bertz CT molecular complexity index is 346. The molecule has 4 nitrogen and oxygen atoms in total. The van der Waals surface area contributed by atoms with Crippen LogP contribution in [0.15, 0.2) is 12.3 Å². The van der Waals surface area contributed by atoms with E-state index in [1.807, 2.05) is 0 Å². The zero-order valence-electron chi connectivity index (χ0n) is 9.25. The van der Waals surface area contributed by atoms with Crippen molar-refractivity contribution in [2.45, 2.75) is 13.8 Å². The van der Waals surface area contributed by atoms with Gasteiger partial charge in [0.25, 0.3) is 5.91 Å². The predicted octanol–water partition coefficient (Wildman–Crippen LogP) is 1.57. The van der Waals surface area contributed by atoms with E-state index in [0.717, 1.165) is 5.33 Å². The Morgan fingerprint density at radius 2 is 2.33 bits per heavy atom. The molecular formula is C10H16BrN3O. The molecule has 84 valence electrons. The minimum atomic E-state index is -0.0796. The molecule has 0 saturated heterocycles. The summed E-state index contributed by atoms with van der Waals surface area (Å²) in [5.74, 6) is -0.0796. The van der Waals surface area contributed by atoms with Crippen molar-refractivity contribution in [2.24, 2.45) is 12.5 Å². The molecule has 0 fully saturated rings. The first-order chi connectivity index (χ1) is 6.96. The smallest absolute Gasteiger partial charge is 0.269 e. The van der Waals surface area contributed by atoms with E-state index >= 15 is 0 Å². The van der Waals surface area contributed by atoms with E-state index in [9.17, 15) is 4.79 Å². The summed E-state index contributed by atoms with van der Waals surface area (Å²) in [6, 6.07) is 1.70. The topological polar surface area (TPSA) is 46.9 Å². The average molecular weight is 274 g/mol. The molecule has 0 aliphatic carbocycles. The normalized spacial score (nSPS) is 11.5. The molecule has 0 aromatic carbocycles. The second-order valence-electron chi connectivity index (χ2n) is 4.32. The lowest BCUT2D eigenvalue weighted by Crippen LogP contribution is -2.35. The first-order valence-corrected chi connectivity index (χ1v) is 5.90. The van der Waals surface area contributed by atoms with Crippen molar-refractivity contribution in [3.8, 4) is 0 Å². The average Bonchev–Trinajstić information content (AvgIpc) is 2.61. The fraction of sp³-hybridized carbons (Fsp3) is 0.600. The lowest BCUT2D eigenvalue weighted by molar-refractivity contribution is 0.0930. The molecule has 1 aromatic heterocycles. The van der Waals surface area contributed by atoms with Crippen LogP contribution in [-0.2, 0) is 7.05 Å². The van der Waals surface area contributed by atoms with Crippen LogP contribution in [0.5, 0.6) is 0 Å². The Labute approximate surface area is 98.2 Å². The number of hydrogen-bond donors (Lipinski definition) is 1. The van der Waals surface area contributed by atoms with Crippen LogP contribution in [0.3, 0.4) is 0 Å². The molecule has 1 aromatic rings. The third kappa shape index (κ3) is 3.34. The molecule has 0 aliphatic heterocycles. The van der Waals surface area contributed by atoms with Gasteiger partial charge in [-0.1, -0.05) is 29.8 Å². The number of nitrogens with zero attached hydrogens (tertiary/aromatic N) is 2. The standard InChI is InChI=1S/C10H16BrN3O/c1-10(2,6-11)7-12-9(15)8-4-5-13-14(8)3/h4-5H,6-7H2,1-3H3,(H,12,15). The number of alkyl halides is 1. The van der Waals surface area contributed by atoms with Gasteiger partial charge >= 0.3 is 0 Å². The van der Waals surface area contributed by atoms with Gasteiger partial charge in [-0.25, -0.2) is 0 Å². The van der Waals surface area contributed by atoms with Gasteiger partial charge < -0.3 is 5.32 Å². The van der Waals surface area contributed by atoms with E-state index in [1.165, 1.54) is 0 Å². The van der Waals surface area contributed by atoms with Crippen molar-refractivity contribution in [3.63, 3.8) is 0 Å². The lowest BCUT2D eigenvalue weighted by Gasteiger charge is -2.21. The van der Waals surface area contributed by atoms with Gasteiger partial charge in [0, 0.05) is 25.1 Å². The van der Waals surface area contributed by atoms with Gasteiger partial charge in [0.05, 0.1) is 0 Å². The van der Waals surface area contributed by atoms with Gasteiger partial charge in [-0.15, -0.1) is 0 Å². The Morgan fingerprint density at radius 3 is 2.80 bits per heavy atom. The fourth-order valence-electron chi connectivity index (χ4n) is 1.05. The van der Waals surface area contributed by atoms with Crippen LogP contribution in [0.25, 0.3) is 0 Å². The van der Waals surface area contributed by atoms with Crippen LogP contribution in [-0.4, -0.2) is 27.6 Å². The largest absolute Gasteiger partial charge is 0.350 e. The molecule has 1 N–H and O–H groups in total. The molecule has 0 unspecified atom stereocenters. The molecule has 1 amide bonds. The number of halogens is 1. The van der Waals surface area contributed by atoms with Crippen molar-refractivity contribution in [2.75, 3.05) is 11.9 Å². The highest BCUT2D eigenvalue weighted by molar-refractivity contribution is 9.09. The minimum Gasteiger partial charge on any atom is -0.350 e. The van der Waals surface area contributed by atoms with E-state index < -0.39 is 0 Å². The number of aryl methyl sites for hydroxylation is 1.